The molecule has 0 unspecified atom stereocenters. The molecule has 1 atom stereocenters. The van der Waals surface area contributed by atoms with Gasteiger partial charge in [0.2, 0.25) is 5.91 Å². The summed E-state index contributed by atoms with van der Waals surface area (Å²) in [5.74, 6) is 1.34. The Morgan fingerprint density at radius 2 is 1.90 bits per heavy atom. The van der Waals surface area contributed by atoms with Crippen molar-refractivity contribution in [3.05, 3.63) is 46.4 Å². The van der Waals surface area contributed by atoms with Gasteiger partial charge in [0.05, 0.1) is 18.7 Å². The molecule has 6 nitrogen and oxygen atoms in total. The molecule has 1 aliphatic carbocycles. The molecule has 1 saturated carbocycles. The number of carbonyl (C=O) groups is 2. The standard InChI is InChI=1S/C24H33N3O3S/c1-24(2,3)23(29)27-20(22-25-13-14-31-22)17-11-9-16(10-12-17)15-26-21(28)18-7-5-6-8-19(18)30-4/h5-8,13-14,16-17,20H,9-12,15H2,1-4H3,(H,26,28)(H,27,29)/t16?,17?,20-/m0/s1. The lowest BCUT2D eigenvalue weighted by Crippen LogP contribution is -2.41. The Balaban J connectivity index is 1.56. The van der Waals surface area contributed by atoms with Gasteiger partial charge in [-0.2, -0.15) is 0 Å². The maximum atomic E-state index is 12.6. The SMILES string of the molecule is COc1ccccc1C(=O)NCC1CCC([C@H](NC(=O)C(C)(C)C)c2nccs2)CC1. The lowest BCUT2D eigenvalue weighted by Gasteiger charge is -2.34. The van der Waals surface area contributed by atoms with Gasteiger partial charge >= 0.3 is 0 Å². The summed E-state index contributed by atoms with van der Waals surface area (Å²) in [6.07, 6.45) is 5.84. The average Bonchev–Trinajstić information content (AvgIpc) is 3.30. The lowest BCUT2D eigenvalue weighted by atomic mass is 9.78. The van der Waals surface area contributed by atoms with E-state index in [1.165, 1.54) is 0 Å². The number of amides is 2. The first-order chi connectivity index (χ1) is 14.8. The Hall–Kier alpha value is -2.41. The van der Waals surface area contributed by atoms with Crippen molar-refractivity contribution in [3.63, 3.8) is 0 Å². The van der Waals surface area contributed by atoms with Crippen LogP contribution in [-0.4, -0.2) is 30.5 Å². The molecule has 1 aromatic heterocycles. The summed E-state index contributed by atoms with van der Waals surface area (Å²) in [6.45, 7) is 6.45. The van der Waals surface area contributed by atoms with Crippen molar-refractivity contribution in [2.75, 3.05) is 13.7 Å². The van der Waals surface area contributed by atoms with Crippen LogP contribution in [0.25, 0.3) is 0 Å². The summed E-state index contributed by atoms with van der Waals surface area (Å²) in [4.78, 5) is 29.7. The number of aromatic nitrogens is 1. The summed E-state index contributed by atoms with van der Waals surface area (Å²) in [5, 5.41) is 9.26. The predicted octanol–water partition coefficient (Wildman–Crippen LogP) is 4.59. The van der Waals surface area contributed by atoms with E-state index in [0.717, 1.165) is 30.7 Å². The minimum Gasteiger partial charge on any atom is -0.496 e. The van der Waals surface area contributed by atoms with Gasteiger partial charge in [-0.25, -0.2) is 4.98 Å². The van der Waals surface area contributed by atoms with Crippen LogP contribution in [-0.2, 0) is 4.79 Å². The van der Waals surface area contributed by atoms with Crippen LogP contribution < -0.4 is 15.4 Å². The van der Waals surface area contributed by atoms with Crippen LogP contribution in [0.1, 0.15) is 67.9 Å². The minimum atomic E-state index is -0.435. The van der Waals surface area contributed by atoms with Crippen molar-refractivity contribution in [2.24, 2.45) is 17.3 Å². The Morgan fingerprint density at radius 1 is 1.19 bits per heavy atom. The van der Waals surface area contributed by atoms with Crippen molar-refractivity contribution in [3.8, 4) is 5.75 Å². The first-order valence-corrected chi connectivity index (χ1v) is 11.8. The number of nitrogens with one attached hydrogen (secondary N) is 2. The number of carbonyl (C=O) groups excluding carboxylic acids is 2. The van der Waals surface area contributed by atoms with E-state index in [4.69, 9.17) is 4.74 Å². The van der Waals surface area contributed by atoms with Gasteiger partial charge in [0.15, 0.2) is 0 Å². The molecular weight excluding hydrogens is 410 g/mol. The van der Waals surface area contributed by atoms with Crippen molar-refractivity contribution >= 4 is 23.2 Å². The van der Waals surface area contributed by atoms with Gasteiger partial charge < -0.3 is 15.4 Å². The first kappa shape index (κ1) is 23.3. The summed E-state index contributed by atoms with van der Waals surface area (Å²) >= 11 is 1.60. The fourth-order valence-corrected chi connectivity index (χ4v) is 4.80. The molecule has 1 fully saturated rings. The smallest absolute Gasteiger partial charge is 0.255 e. The maximum absolute atomic E-state index is 12.6. The van der Waals surface area contributed by atoms with Crippen LogP contribution >= 0.6 is 11.3 Å². The Bertz CT molecular complexity index is 868. The summed E-state index contributed by atoms with van der Waals surface area (Å²) < 4.78 is 5.29. The second-order valence-corrected chi connectivity index (χ2v) is 10.2. The van der Waals surface area contributed by atoms with Gasteiger partial charge in [0, 0.05) is 23.5 Å². The number of para-hydroxylation sites is 1. The molecule has 7 heteroatoms. The summed E-state index contributed by atoms with van der Waals surface area (Å²) in [7, 11) is 1.57. The second kappa shape index (κ2) is 10.3. The molecular formula is C24H33N3O3S. The summed E-state index contributed by atoms with van der Waals surface area (Å²) in [6, 6.07) is 7.23. The number of rotatable bonds is 7. The molecule has 0 radical (unpaired) electrons. The van der Waals surface area contributed by atoms with Crippen LogP contribution in [0.3, 0.4) is 0 Å². The zero-order valence-electron chi connectivity index (χ0n) is 18.8. The van der Waals surface area contributed by atoms with Crippen LogP contribution in [0.2, 0.25) is 0 Å². The number of nitrogens with zero attached hydrogens (tertiary/aromatic N) is 1. The highest BCUT2D eigenvalue weighted by atomic mass is 32.1. The normalized spacial score (nSPS) is 20.0. The average molecular weight is 444 g/mol. The zero-order chi connectivity index (χ0) is 22.4. The van der Waals surface area contributed by atoms with E-state index >= 15 is 0 Å². The van der Waals surface area contributed by atoms with E-state index in [-0.39, 0.29) is 17.9 Å². The van der Waals surface area contributed by atoms with E-state index in [1.807, 2.05) is 38.3 Å². The third kappa shape index (κ3) is 6.06. The Labute approximate surface area is 188 Å². The van der Waals surface area contributed by atoms with Crippen LogP contribution in [0.5, 0.6) is 5.75 Å². The Kier molecular flexibility index (Phi) is 7.70. The lowest BCUT2D eigenvalue weighted by molar-refractivity contribution is -0.129. The maximum Gasteiger partial charge on any atom is 0.255 e. The second-order valence-electron chi connectivity index (χ2n) is 9.26. The van der Waals surface area contributed by atoms with Crippen LogP contribution in [0.4, 0.5) is 0 Å². The molecule has 31 heavy (non-hydrogen) atoms. The third-order valence-electron chi connectivity index (χ3n) is 5.95. The van der Waals surface area contributed by atoms with E-state index in [1.54, 1.807) is 36.8 Å². The molecule has 0 bridgehead atoms. The molecule has 1 aromatic carbocycles. The number of hydrogen-bond acceptors (Lipinski definition) is 5. The van der Waals surface area contributed by atoms with Crippen LogP contribution in [0, 0.1) is 17.3 Å². The monoisotopic (exact) mass is 443 g/mol. The quantitative estimate of drug-likeness (QED) is 0.656. The van der Waals surface area contributed by atoms with Crippen molar-refractivity contribution in [1.29, 1.82) is 0 Å². The summed E-state index contributed by atoms with van der Waals surface area (Å²) in [5.41, 5.74) is 0.127. The molecule has 3 rings (SSSR count). The molecule has 168 valence electrons. The largest absolute Gasteiger partial charge is 0.496 e. The number of hydrogen-bond donors (Lipinski definition) is 2. The van der Waals surface area contributed by atoms with E-state index in [0.29, 0.717) is 29.7 Å². The van der Waals surface area contributed by atoms with Crippen LogP contribution in [0.15, 0.2) is 35.8 Å². The molecule has 0 spiro atoms. The Morgan fingerprint density at radius 3 is 2.52 bits per heavy atom. The highest BCUT2D eigenvalue weighted by molar-refractivity contribution is 7.09. The van der Waals surface area contributed by atoms with E-state index < -0.39 is 5.41 Å². The molecule has 1 aliphatic rings. The molecule has 2 aromatic rings. The molecule has 2 amide bonds. The molecule has 2 N–H and O–H groups in total. The highest BCUT2D eigenvalue weighted by Gasteiger charge is 2.33. The van der Waals surface area contributed by atoms with Gasteiger partial charge in [-0.05, 0) is 49.7 Å². The minimum absolute atomic E-state index is 0.0455. The van der Waals surface area contributed by atoms with Crippen molar-refractivity contribution in [1.82, 2.24) is 15.6 Å². The molecule has 1 heterocycles. The van der Waals surface area contributed by atoms with Crippen molar-refractivity contribution < 1.29 is 14.3 Å². The van der Waals surface area contributed by atoms with Gasteiger partial charge in [0.1, 0.15) is 10.8 Å². The van der Waals surface area contributed by atoms with E-state index in [2.05, 4.69) is 15.6 Å². The number of benzene rings is 1. The first-order valence-electron chi connectivity index (χ1n) is 10.9. The molecule has 0 saturated heterocycles. The van der Waals surface area contributed by atoms with Gasteiger partial charge in [-0.3, -0.25) is 9.59 Å². The highest BCUT2D eigenvalue weighted by Crippen LogP contribution is 2.38. The number of thiazole rings is 1. The fourth-order valence-electron chi connectivity index (χ4n) is 4.02. The third-order valence-corrected chi connectivity index (χ3v) is 6.81. The molecule has 0 aliphatic heterocycles. The van der Waals surface area contributed by atoms with Gasteiger partial charge in [-0.15, -0.1) is 11.3 Å². The van der Waals surface area contributed by atoms with Gasteiger partial charge in [-0.1, -0.05) is 32.9 Å². The topological polar surface area (TPSA) is 80.3 Å². The van der Waals surface area contributed by atoms with Crippen molar-refractivity contribution in [2.45, 2.75) is 52.5 Å². The van der Waals surface area contributed by atoms with E-state index in [9.17, 15) is 9.59 Å². The fraction of sp³-hybridized carbons (Fsp3) is 0.542. The number of ether oxygens (including phenoxy) is 1. The van der Waals surface area contributed by atoms with Gasteiger partial charge in [0.25, 0.3) is 5.91 Å². The zero-order valence-corrected chi connectivity index (χ0v) is 19.6. The predicted molar refractivity (Wildman–Crippen MR) is 123 cm³/mol. The number of methoxy groups -OCH3 is 1.